The topological polar surface area (TPSA) is 63.5 Å². The van der Waals surface area contributed by atoms with Crippen LogP contribution >= 0.6 is 22.9 Å². The van der Waals surface area contributed by atoms with Crippen LogP contribution in [-0.2, 0) is 10.0 Å². The first-order chi connectivity index (χ1) is 9.31. The van der Waals surface area contributed by atoms with Crippen LogP contribution in [0.5, 0.6) is 0 Å². The SMILES string of the molecule is CC(C)CCC(C)NS(=O)(=O)c1c(Cl)nc2sccn12. The molecule has 0 saturated heterocycles. The van der Waals surface area contributed by atoms with Gasteiger partial charge in [-0.15, -0.1) is 11.3 Å². The second-order valence-corrected chi connectivity index (χ2v) is 8.12. The van der Waals surface area contributed by atoms with Gasteiger partial charge in [-0.3, -0.25) is 4.40 Å². The van der Waals surface area contributed by atoms with E-state index in [1.807, 2.05) is 6.92 Å². The van der Waals surface area contributed by atoms with Crippen molar-refractivity contribution in [2.24, 2.45) is 5.92 Å². The number of nitrogens with one attached hydrogen (secondary N) is 1. The van der Waals surface area contributed by atoms with Crippen LogP contribution in [-0.4, -0.2) is 23.8 Å². The molecule has 1 unspecified atom stereocenters. The molecule has 112 valence electrons. The lowest BCUT2D eigenvalue weighted by atomic mass is 10.1. The van der Waals surface area contributed by atoms with Crippen molar-refractivity contribution in [1.82, 2.24) is 14.1 Å². The molecule has 2 aromatic heterocycles. The Bertz CT molecular complexity index is 691. The van der Waals surface area contributed by atoms with Crippen LogP contribution in [0.2, 0.25) is 5.15 Å². The van der Waals surface area contributed by atoms with Gasteiger partial charge in [0.2, 0.25) is 0 Å². The van der Waals surface area contributed by atoms with Gasteiger partial charge in [0.05, 0.1) is 0 Å². The largest absolute Gasteiger partial charge is 0.279 e. The number of rotatable bonds is 6. The Morgan fingerprint density at radius 2 is 2.10 bits per heavy atom. The molecule has 0 fully saturated rings. The molecule has 0 aliphatic rings. The molecule has 5 nitrogen and oxygen atoms in total. The number of fused-ring (bicyclic) bond motifs is 1. The third kappa shape index (κ3) is 3.33. The second-order valence-electron chi connectivity index (χ2n) is 5.26. The highest BCUT2D eigenvalue weighted by atomic mass is 35.5. The maximum Gasteiger partial charge on any atom is 0.260 e. The maximum absolute atomic E-state index is 12.4. The molecule has 2 aromatic rings. The zero-order chi connectivity index (χ0) is 14.9. The average molecular weight is 336 g/mol. The number of hydrogen-bond donors (Lipinski definition) is 1. The fourth-order valence-corrected chi connectivity index (χ4v) is 4.67. The van der Waals surface area contributed by atoms with Crippen molar-refractivity contribution in [2.75, 3.05) is 0 Å². The molecular weight excluding hydrogens is 318 g/mol. The Hall–Kier alpha value is -0.630. The number of hydrogen-bond acceptors (Lipinski definition) is 4. The second kappa shape index (κ2) is 6.01. The molecule has 2 heterocycles. The van der Waals surface area contributed by atoms with Gasteiger partial charge in [-0.1, -0.05) is 25.4 Å². The van der Waals surface area contributed by atoms with Crippen molar-refractivity contribution < 1.29 is 8.42 Å². The highest BCUT2D eigenvalue weighted by molar-refractivity contribution is 7.89. The van der Waals surface area contributed by atoms with E-state index in [9.17, 15) is 8.42 Å². The predicted octanol–water partition coefficient (Wildman–Crippen LogP) is 3.15. The van der Waals surface area contributed by atoms with Crippen LogP contribution in [0.15, 0.2) is 16.6 Å². The summed E-state index contributed by atoms with van der Waals surface area (Å²) in [6.07, 6.45) is 3.42. The van der Waals surface area contributed by atoms with Crippen LogP contribution in [0, 0.1) is 5.92 Å². The van der Waals surface area contributed by atoms with E-state index in [0.29, 0.717) is 10.9 Å². The molecule has 1 N–H and O–H groups in total. The van der Waals surface area contributed by atoms with Crippen molar-refractivity contribution in [3.63, 3.8) is 0 Å². The number of aromatic nitrogens is 2. The minimum Gasteiger partial charge on any atom is -0.279 e. The van der Waals surface area contributed by atoms with Gasteiger partial charge >= 0.3 is 0 Å². The van der Waals surface area contributed by atoms with E-state index >= 15 is 0 Å². The summed E-state index contributed by atoms with van der Waals surface area (Å²) in [5.74, 6) is 0.545. The Morgan fingerprint density at radius 3 is 2.75 bits per heavy atom. The average Bonchev–Trinajstić information content (AvgIpc) is 2.84. The summed E-state index contributed by atoms with van der Waals surface area (Å²) in [6.45, 7) is 6.09. The zero-order valence-corrected chi connectivity index (χ0v) is 14.0. The minimum atomic E-state index is -3.67. The molecule has 0 aromatic carbocycles. The highest BCUT2D eigenvalue weighted by Gasteiger charge is 2.26. The van der Waals surface area contributed by atoms with Gasteiger partial charge in [0.15, 0.2) is 15.1 Å². The van der Waals surface area contributed by atoms with Gasteiger partial charge in [-0.05, 0) is 25.7 Å². The van der Waals surface area contributed by atoms with E-state index in [1.165, 1.54) is 15.7 Å². The Balaban J connectivity index is 2.22. The Kier molecular flexibility index (Phi) is 4.73. The van der Waals surface area contributed by atoms with Gasteiger partial charge in [-0.2, -0.15) is 0 Å². The number of halogens is 1. The number of sulfonamides is 1. The molecular formula is C12H18ClN3O2S2. The minimum absolute atomic E-state index is 0.0143. The van der Waals surface area contributed by atoms with E-state index in [4.69, 9.17) is 11.6 Å². The first kappa shape index (κ1) is 15.8. The zero-order valence-electron chi connectivity index (χ0n) is 11.6. The molecule has 0 spiro atoms. The Morgan fingerprint density at radius 1 is 1.40 bits per heavy atom. The first-order valence-electron chi connectivity index (χ1n) is 6.44. The third-order valence-electron chi connectivity index (χ3n) is 2.97. The standard InChI is InChI=1S/C12H18ClN3O2S2/c1-8(2)4-5-9(3)15-20(17,18)11-10(13)14-12-16(11)6-7-19-12/h6-9,15H,4-5H2,1-3H3. The molecule has 0 aliphatic carbocycles. The lowest BCUT2D eigenvalue weighted by molar-refractivity contribution is 0.484. The van der Waals surface area contributed by atoms with E-state index in [-0.39, 0.29) is 16.2 Å². The number of imidazole rings is 1. The summed E-state index contributed by atoms with van der Waals surface area (Å²) in [5.41, 5.74) is 0. The lowest BCUT2D eigenvalue weighted by Crippen LogP contribution is -2.33. The molecule has 0 bridgehead atoms. The fraction of sp³-hybridized carbons (Fsp3) is 0.583. The van der Waals surface area contributed by atoms with Gasteiger partial charge in [0.25, 0.3) is 10.0 Å². The molecule has 20 heavy (non-hydrogen) atoms. The lowest BCUT2D eigenvalue weighted by Gasteiger charge is -2.15. The van der Waals surface area contributed by atoms with Crippen LogP contribution in [0.1, 0.15) is 33.6 Å². The van der Waals surface area contributed by atoms with Gasteiger partial charge < -0.3 is 0 Å². The van der Waals surface area contributed by atoms with Crippen molar-refractivity contribution in [3.05, 3.63) is 16.7 Å². The van der Waals surface area contributed by atoms with Crippen LogP contribution in [0.3, 0.4) is 0 Å². The Labute approximate surface area is 128 Å². The van der Waals surface area contributed by atoms with E-state index in [0.717, 1.165) is 12.8 Å². The summed E-state index contributed by atoms with van der Waals surface area (Å²) < 4.78 is 29.0. The number of nitrogens with zero attached hydrogens (tertiary/aromatic N) is 2. The monoisotopic (exact) mass is 335 g/mol. The molecule has 0 amide bonds. The summed E-state index contributed by atoms with van der Waals surface area (Å²) >= 11 is 7.31. The molecule has 2 rings (SSSR count). The van der Waals surface area contributed by atoms with Gasteiger partial charge in [0.1, 0.15) is 0 Å². The maximum atomic E-state index is 12.4. The summed E-state index contributed by atoms with van der Waals surface area (Å²) in [5, 5.41) is 1.81. The molecule has 0 saturated carbocycles. The van der Waals surface area contributed by atoms with E-state index < -0.39 is 10.0 Å². The van der Waals surface area contributed by atoms with Crippen molar-refractivity contribution in [2.45, 2.75) is 44.7 Å². The first-order valence-corrected chi connectivity index (χ1v) is 9.18. The third-order valence-corrected chi connectivity index (χ3v) is 5.71. The molecule has 8 heteroatoms. The summed E-state index contributed by atoms with van der Waals surface area (Å²) in [4.78, 5) is 4.62. The van der Waals surface area contributed by atoms with E-state index in [2.05, 4.69) is 23.6 Å². The molecule has 0 radical (unpaired) electrons. The van der Waals surface area contributed by atoms with Gasteiger partial charge in [-0.25, -0.2) is 18.1 Å². The van der Waals surface area contributed by atoms with Crippen molar-refractivity contribution in [1.29, 1.82) is 0 Å². The normalized spacial score (nSPS) is 14.2. The number of thiazole rings is 1. The fourth-order valence-electron chi connectivity index (χ4n) is 1.94. The molecule has 1 atom stereocenters. The van der Waals surface area contributed by atoms with Gasteiger partial charge in [0, 0.05) is 17.6 Å². The highest BCUT2D eigenvalue weighted by Crippen LogP contribution is 2.25. The van der Waals surface area contributed by atoms with E-state index in [1.54, 1.807) is 11.6 Å². The van der Waals surface area contributed by atoms with Crippen LogP contribution in [0.4, 0.5) is 0 Å². The quantitative estimate of drug-likeness (QED) is 0.882. The van der Waals surface area contributed by atoms with Crippen LogP contribution < -0.4 is 4.72 Å². The summed E-state index contributed by atoms with van der Waals surface area (Å²) in [7, 11) is -3.67. The van der Waals surface area contributed by atoms with Crippen LogP contribution in [0.25, 0.3) is 4.96 Å². The predicted molar refractivity (Wildman–Crippen MR) is 81.9 cm³/mol. The van der Waals surface area contributed by atoms with Crippen molar-refractivity contribution >= 4 is 37.9 Å². The summed E-state index contributed by atoms with van der Waals surface area (Å²) in [6, 6.07) is -0.136. The smallest absolute Gasteiger partial charge is 0.260 e. The van der Waals surface area contributed by atoms with Crippen molar-refractivity contribution in [3.8, 4) is 0 Å². The molecule has 0 aliphatic heterocycles.